The molecule has 18 heavy (non-hydrogen) atoms. The summed E-state index contributed by atoms with van der Waals surface area (Å²) in [6.07, 6.45) is 11.3. The van der Waals surface area contributed by atoms with Crippen LogP contribution >= 0.6 is 0 Å². The quantitative estimate of drug-likeness (QED) is 0.447. The Morgan fingerprint density at radius 3 is 1.67 bits per heavy atom. The van der Waals surface area contributed by atoms with E-state index in [1.165, 1.54) is 38.5 Å². The van der Waals surface area contributed by atoms with Crippen LogP contribution in [-0.4, -0.2) is 19.8 Å². The van der Waals surface area contributed by atoms with E-state index >= 15 is 0 Å². The summed E-state index contributed by atoms with van der Waals surface area (Å²) in [5.41, 5.74) is -0.333. The smallest absolute Gasteiger partial charge is 0.262 e. The third-order valence-corrected chi connectivity index (χ3v) is 5.20. The maximum atomic E-state index is 11.3. The van der Waals surface area contributed by atoms with Crippen LogP contribution in [0.3, 0.4) is 0 Å². The van der Waals surface area contributed by atoms with Gasteiger partial charge in [0.05, 0.1) is 0 Å². The van der Waals surface area contributed by atoms with Gasteiger partial charge in [0.1, 0.15) is 11.4 Å². The third-order valence-electron chi connectivity index (χ3n) is 3.72. The molecule has 0 unspecified atom stereocenters. The largest absolute Gasteiger partial charge is 0.270 e. The molecule has 0 radical (unpaired) electrons. The zero-order chi connectivity index (χ0) is 13.5. The molecular weight excluding hydrogens is 248 g/mol. The van der Waals surface area contributed by atoms with Gasteiger partial charge in [0.2, 0.25) is 0 Å². The lowest BCUT2D eigenvalue weighted by Gasteiger charge is -2.40. The molecule has 0 aliphatic carbocycles. The minimum Gasteiger partial charge on any atom is -0.262 e. The van der Waals surface area contributed by atoms with Crippen molar-refractivity contribution < 1.29 is 12.6 Å². The van der Waals surface area contributed by atoms with Gasteiger partial charge in [-0.3, -0.25) is 4.18 Å². The summed E-state index contributed by atoms with van der Waals surface area (Å²) in [4.78, 5) is 0. The van der Waals surface area contributed by atoms with Gasteiger partial charge in [-0.15, -0.1) is 0 Å². The highest BCUT2D eigenvalue weighted by atomic mass is 32.2. The SMILES string of the molecule is CCCCCCC1(CCCCCC)CS(=O)(=O)O1. The predicted molar refractivity (Wildman–Crippen MR) is 75.1 cm³/mol. The molecule has 1 fully saturated rings. The van der Waals surface area contributed by atoms with Gasteiger partial charge in [0.25, 0.3) is 10.1 Å². The van der Waals surface area contributed by atoms with E-state index in [2.05, 4.69) is 13.8 Å². The minimum absolute atomic E-state index is 0.248. The van der Waals surface area contributed by atoms with Crippen molar-refractivity contribution in [2.24, 2.45) is 0 Å². The Kier molecular flexibility index (Phi) is 6.64. The first kappa shape index (κ1) is 16.0. The van der Waals surface area contributed by atoms with Gasteiger partial charge in [0.15, 0.2) is 0 Å². The molecule has 0 aromatic carbocycles. The lowest BCUT2D eigenvalue weighted by Crippen LogP contribution is -2.52. The molecule has 1 aliphatic heterocycles. The maximum absolute atomic E-state index is 11.3. The Hall–Kier alpha value is -0.0900. The molecule has 4 heteroatoms. The summed E-state index contributed by atoms with van der Waals surface area (Å²) in [7, 11) is -3.17. The Morgan fingerprint density at radius 1 is 0.889 bits per heavy atom. The summed E-state index contributed by atoms with van der Waals surface area (Å²) in [6, 6.07) is 0. The number of hydrogen-bond donors (Lipinski definition) is 0. The Labute approximate surface area is 112 Å². The molecule has 0 amide bonds. The molecule has 1 saturated heterocycles. The zero-order valence-corrected chi connectivity index (χ0v) is 12.7. The second-order valence-corrected chi connectivity index (χ2v) is 7.16. The van der Waals surface area contributed by atoms with Gasteiger partial charge >= 0.3 is 0 Å². The van der Waals surface area contributed by atoms with E-state index < -0.39 is 10.1 Å². The predicted octanol–water partition coefficient (Wildman–Crippen LogP) is 4.03. The Bertz CT molecular complexity index is 296. The van der Waals surface area contributed by atoms with E-state index in [1.807, 2.05) is 0 Å². The first-order valence-corrected chi connectivity index (χ1v) is 9.05. The average Bonchev–Trinajstić information content (AvgIpc) is 2.28. The Balaban J connectivity index is 2.30. The van der Waals surface area contributed by atoms with Crippen LogP contribution in [0.4, 0.5) is 0 Å². The van der Waals surface area contributed by atoms with Crippen molar-refractivity contribution in [1.29, 1.82) is 0 Å². The minimum atomic E-state index is -3.17. The van der Waals surface area contributed by atoms with E-state index in [4.69, 9.17) is 4.18 Å². The molecule has 0 N–H and O–H groups in total. The molecule has 0 saturated carbocycles. The van der Waals surface area contributed by atoms with Gasteiger partial charge in [-0.1, -0.05) is 65.2 Å². The van der Waals surface area contributed by atoms with Crippen LogP contribution in [0.2, 0.25) is 0 Å². The highest BCUT2D eigenvalue weighted by Gasteiger charge is 2.48. The molecule has 108 valence electrons. The fraction of sp³-hybridized carbons (Fsp3) is 1.00. The lowest BCUT2D eigenvalue weighted by atomic mass is 9.91. The standard InChI is InChI=1S/C14H28O3S/c1-3-5-7-9-11-14(12-10-8-6-4-2)13-18(15,16)17-14/h3-13H2,1-2H3. The van der Waals surface area contributed by atoms with E-state index in [9.17, 15) is 8.42 Å². The van der Waals surface area contributed by atoms with E-state index in [1.54, 1.807) is 0 Å². The highest BCUT2D eigenvalue weighted by molar-refractivity contribution is 7.88. The van der Waals surface area contributed by atoms with Gasteiger partial charge in [-0.05, 0) is 12.8 Å². The molecule has 0 spiro atoms. The number of unbranched alkanes of at least 4 members (excludes halogenated alkanes) is 6. The van der Waals surface area contributed by atoms with E-state index in [-0.39, 0.29) is 11.4 Å². The zero-order valence-electron chi connectivity index (χ0n) is 11.9. The fourth-order valence-electron chi connectivity index (χ4n) is 2.69. The van der Waals surface area contributed by atoms with Gasteiger partial charge in [-0.2, -0.15) is 8.42 Å². The lowest BCUT2D eigenvalue weighted by molar-refractivity contribution is 0.0313. The molecule has 0 aromatic rings. The maximum Gasteiger partial charge on any atom is 0.270 e. The number of rotatable bonds is 10. The van der Waals surface area contributed by atoms with Crippen LogP contribution in [0, 0.1) is 0 Å². The van der Waals surface area contributed by atoms with Crippen LogP contribution in [-0.2, 0) is 14.3 Å². The highest BCUT2D eigenvalue weighted by Crippen LogP contribution is 2.38. The van der Waals surface area contributed by atoms with Gasteiger partial charge < -0.3 is 0 Å². The van der Waals surface area contributed by atoms with Crippen LogP contribution in [0.25, 0.3) is 0 Å². The molecule has 1 rings (SSSR count). The first-order valence-electron chi connectivity index (χ1n) is 7.47. The van der Waals surface area contributed by atoms with Crippen molar-refractivity contribution >= 4 is 10.1 Å². The second kappa shape index (κ2) is 7.49. The summed E-state index contributed by atoms with van der Waals surface area (Å²) >= 11 is 0. The second-order valence-electron chi connectivity index (χ2n) is 5.59. The summed E-state index contributed by atoms with van der Waals surface area (Å²) in [6.45, 7) is 4.37. The van der Waals surface area contributed by atoms with Crippen molar-refractivity contribution in [3.8, 4) is 0 Å². The molecule has 1 heterocycles. The monoisotopic (exact) mass is 276 g/mol. The van der Waals surface area contributed by atoms with Crippen molar-refractivity contribution in [3.05, 3.63) is 0 Å². The summed E-state index contributed by atoms with van der Waals surface area (Å²) < 4.78 is 27.8. The van der Waals surface area contributed by atoms with Crippen LogP contribution < -0.4 is 0 Å². The fourth-order valence-corrected chi connectivity index (χ4v) is 4.31. The van der Waals surface area contributed by atoms with Crippen molar-refractivity contribution in [2.45, 2.75) is 83.7 Å². The van der Waals surface area contributed by atoms with E-state index in [0.717, 1.165) is 25.7 Å². The van der Waals surface area contributed by atoms with E-state index in [0.29, 0.717) is 0 Å². The van der Waals surface area contributed by atoms with Crippen molar-refractivity contribution in [2.75, 3.05) is 5.75 Å². The molecule has 0 atom stereocenters. The molecule has 3 nitrogen and oxygen atoms in total. The van der Waals surface area contributed by atoms with Crippen LogP contribution in [0.1, 0.15) is 78.1 Å². The van der Waals surface area contributed by atoms with Crippen LogP contribution in [0.5, 0.6) is 0 Å². The van der Waals surface area contributed by atoms with Gasteiger partial charge in [0, 0.05) is 0 Å². The van der Waals surface area contributed by atoms with Gasteiger partial charge in [-0.25, -0.2) is 0 Å². The molecular formula is C14H28O3S. The molecule has 0 aromatic heterocycles. The Morgan fingerprint density at radius 2 is 1.33 bits per heavy atom. The topological polar surface area (TPSA) is 43.4 Å². The van der Waals surface area contributed by atoms with Crippen molar-refractivity contribution in [1.82, 2.24) is 0 Å². The summed E-state index contributed by atoms with van der Waals surface area (Å²) in [5, 5.41) is 0. The first-order chi connectivity index (χ1) is 8.54. The average molecular weight is 276 g/mol. The third kappa shape index (κ3) is 5.27. The normalized spacial score (nSPS) is 20.6. The molecule has 1 aliphatic rings. The van der Waals surface area contributed by atoms with Crippen LogP contribution in [0.15, 0.2) is 0 Å². The van der Waals surface area contributed by atoms with Crippen molar-refractivity contribution in [3.63, 3.8) is 0 Å². The molecule has 0 bridgehead atoms. The number of hydrogen-bond acceptors (Lipinski definition) is 3. The summed E-state index contributed by atoms with van der Waals surface area (Å²) in [5.74, 6) is 0.248.